The second-order valence-corrected chi connectivity index (χ2v) is 7.18. The zero-order valence-electron chi connectivity index (χ0n) is 11.8. The van der Waals surface area contributed by atoms with Gasteiger partial charge in [-0.3, -0.25) is 0 Å². The lowest BCUT2D eigenvalue weighted by Gasteiger charge is -2.59. The highest BCUT2D eigenvalue weighted by Gasteiger charge is 2.57. The fourth-order valence-electron chi connectivity index (χ4n) is 5.41. The highest BCUT2D eigenvalue weighted by molar-refractivity contribution is 5.31. The molecule has 0 amide bonds. The summed E-state index contributed by atoms with van der Waals surface area (Å²) in [7, 11) is 0. The molecular weight excluding hydrogens is 232 g/mol. The fraction of sp³-hybridized carbons (Fsp3) is 0.667. The predicted octanol–water partition coefficient (Wildman–Crippen LogP) is 3.89. The average Bonchev–Trinajstić information content (AvgIpc) is 2.44. The van der Waals surface area contributed by atoms with Gasteiger partial charge in [0.25, 0.3) is 0 Å². The Hall–Kier alpha value is -0.820. The van der Waals surface area contributed by atoms with Crippen LogP contribution in [0.4, 0.5) is 0 Å². The number of hydrogen-bond acceptors (Lipinski definition) is 1. The van der Waals surface area contributed by atoms with E-state index in [0.29, 0.717) is 11.8 Å². The van der Waals surface area contributed by atoms with E-state index in [0.717, 1.165) is 18.3 Å². The molecule has 19 heavy (non-hydrogen) atoms. The molecular formula is C18H24O. The molecule has 5 rings (SSSR count). The summed E-state index contributed by atoms with van der Waals surface area (Å²) >= 11 is 0. The van der Waals surface area contributed by atoms with E-state index in [1.807, 2.05) is 0 Å². The minimum atomic E-state index is -0.515. The Morgan fingerprint density at radius 1 is 1.05 bits per heavy atom. The summed E-state index contributed by atoms with van der Waals surface area (Å²) in [5.74, 6) is 2.88. The van der Waals surface area contributed by atoms with E-state index < -0.39 is 5.60 Å². The zero-order chi connectivity index (χ0) is 13.0. The maximum Gasteiger partial charge on any atom is 0.0953 e. The molecule has 4 saturated carbocycles. The fourth-order valence-corrected chi connectivity index (χ4v) is 5.41. The Morgan fingerprint density at radius 3 is 2.26 bits per heavy atom. The molecule has 1 N–H and O–H groups in total. The predicted molar refractivity (Wildman–Crippen MR) is 76.8 cm³/mol. The summed E-state index contributed by atoms with van der Waals surface area (Å²) in [4.78, 5) is 0. The Balaban J connectivity index is 1.76. The average molecular weight is 256 g/mol. The van der Waals surface area contributed by atoms with Crippen molar-refractivity contribution < 1.29 is 5.11 Å². The minimum absolute atomic E-state index is 0.515. The van der Waals surface area contributed by atoms with Gasteiger partial charge in [-0.25, -0.2) is 0 Å². The first-order valence-electron chi connectivity index (χ1n) is 8.02. The highest BCUT2D eigenvalue weighted by Crippen LogP contribution is 2.61. The van der Waals surface area contributed by atoms with Gasteiger partial charge in [-0.2, -0.15) is 0 Å². The Morgan fingerprint density at radius 2 is 1.68 bits per heavy atom. The highest BCUT2D eigenvalue weighted by atomic mass is 16.3. The van der Waals surface area contributed by atoms with Gasteiger partial charge in [-0.05, 0) is 73.3 Å². The summed E-state index contributed by atoms with van der Waals surface area (Å²) in [6, 6.07) is 8.75. The van der Waals surface area contributed by atoms with E-state index in [9.17, 15) is 5.11 Å². The molecule has 0 heterocycles. The molecule has 4 aliphatic carbocycles. The van der Waals surface area contributed by atoms with Crippen molar-refractivity contribution in [3.63, 3.8) is 0 Å². The number of aryl methyl sites for hydroxylation is 1. The van der Waals surface area contributed by atoms with Gasteiger partial charge in [-0.15, -0.1) is 0 Å². The molecule has 0 atom stereocenters. The summed E-state index contributed by atoms with van der Waals surface area (Å²) in [5, 5.41) is 11.5. The van der Waals surface area contributed by atoms with Crippen LogP contribution in [0.2, 0.25) is 0 Å². The van der Waals surface area contributed by atoms with E-state index in [-0.39, 0.29) is 0 Å². The largest absolute Gasteiger partial charge is 0.385 e. The van der Waals surface area contributed by atoms with Crippen LogP contribution >= 0.6 is 0 Å². The number of hydrogen-bond donors (Lipinski definition) is 1. The van der Waals surface area contributed by atoms with Crippen LogP contribution in [0.15, 0.2) is 24.3 Å². The van der Waals surface area contributed by atoms with Crippen LogP contribution in [0.3, 0.4) is 0 Å². The van der Waals surface area contributed by atoms with Crippen molar-refractivity contribution in [2.24, 2.45) is 23.7 Å². The number of benzene rings is 1. The molecule has 0 aromatic heterocycles. The lowest BCUT2D eigenvalue weighted by Crippen LogP contribution is -2.55. The van der Waals surface area contributed by atoms with E-state index in [4.69, 9.17) is 0 Å². The first kappa shape index (κ1) is 12.0. The first-order chi connectivity index (χ1) is 9.20. The molecule has 102 valence electrons. The van der Waals surface area contributed by atoms with Crippen LogP contribution < -0.4 is 0 Å². The Kier molecular flexibility index (Phi) is 2.57. The minimum Gasteiger partial charge on any atom is -0.385 e. The van der Waals surface area contributed by atoms with E-state index in [2.05, 4.69) is 31.2 Å². The monoisotopic (exact) mass is 256 g/mol. The van der Waals surface area contributed by atoms with Crippen molar-refractivity contribution in [3.8, 4) is 0 Å². The topological polar surface area (TPSA) is 20.2 Å². The molecule has 0 spiro atoms. The standard InChI is InChI=1S/C18H24O/c1-2-12-4-3-5-15(7-12)18(19)16-8-13-6-14(10-16)11-17(18)9-13/h3-5,7,13-14,16-17,19H,2,6,8-11H2,1H3. The van der Waals surface area contributed by atoms with Crippen LogP contribution in [-0.4, -0.2) is 5.11 Å². The summed E-state index contributed by atoms with van der Waals surface area (Å²) in [5.41, 5.74) is 2.05. The molecule has 1 aromatic carbocycles. The van der Waals surface area contributed by atoms with Crippen molar-refractivity contribution in [3.05, 3.63) is 35.4 Å². The van der Waals surface area contributed by atoms with Crippen LogP contribution in [-0.2, 0) is 12.0 Å². The summed E-state index contributed by atoms with van der Waals surface area (Å²) < 4.78 is 0. The third-order valence-electron chi connectivity index (χ3n) is 6.18. The van der Waals surface area contributed by atoms with Crippen molar-refractivity contribution in [2.45, 2.75) is 51.0 Å². The second-order valence-electron chi connectivity index (χ2n) is 7.18. The van der Waals surface area contributed by atoms with Gasteiger partial charge < -0.3 is 5.11 Å². The van der Waals surface area contributed by atoms with Gasteiger partial charge in [0.2, 0.25) is 0 Å². The molecule has 0 aliphatic heterocycles. The van der Waals surface area contributed by atoms with Gasteiger partial charge in [0.1, 0.15) is 0 Å². The normalized spacial score (nSPS) is 43.7. The molecule has 4 fully saturated rings. The summed E-state index contributed by atoms with van der Waals surface area (Å²) in [6.45, 7) is 2.19. The molecule has 0 saturated heterocycles. The molecule has 4 bridgehead atoms. The van der Waals surface area contributed by atoms with E-state index >= 15 is 0 Å². The van der Waals surface area contributed by atoms with Crippen molar-refractivity contribution in [1.29, 1.82) is 0 Å². The SMILES string of the molecule is CCc1cccc(C2(O)C3CC4CC(C3)CC2C4)c1. The molecule has 1 nitrogen and oxygen atoms in total. The molecule has 0 radical (unpaired) electrons. The van der Waals surface area contributed by atoms with Crippen LogP contribution in [0.25, 0.3) is 0 Å². The number of rotatable bonds is 2. The number of aliphatic hydroxyl groups is 1. The maximum absolute atomic E-state index is 11.5. The third-order valence-corrected chi connectivity index (χ3v) is 6.18. The quantitative estimate of drug-likeness (QED) is 0.851. The Bertz CT molecular complexity index is 462. The van der Waals surface area contributed by atoms with Gasteiger partial charge in [-0.1, -0.05) is 31.2 Å². The van der Waals surface area contributed by atoms with Crippen molar-refractivity contribution in [2.75, 3.05) is 0 Å². The lowest BCUT2D eigenvalue weighted by atomic mass is 9.48. The third kappa shape index (κ3) is 1.64. The molecule has 4 aliphatic rings. The van der Waals surface area contributed by atoms with Gasteiger partial charge in [0.15, 0.2) is 0 Å². The molecule has 1 aromatic rings. The Labute approximate surface area is 116 Å². The van der Waals surface area contributed by atoms with E-state index in [1.54, 1.807) is 0 Å². The summed E-state index contributed by atoms with van der Waals surface area (Å²) in [6.07, 6.45) is 7.56. The van der Waals surface area contributed by atoms with Crippen molar-refractivity contribution in [1.82, 2.24) is 0 Å². The van der Waals surface area contributed by atoms with Gasteiger partial charge in [0.05, 0.1) is 5.60 Å². The first-order valence-corrected chi connectivity index (χ1v) is 8.02. The van der Waals surface area contributed by atoms with Crippen LogP contribution in [0.5, 0.6) is 0 Å². The van der Waals surface area contributed by atoms with Crippen molar-refractivity contribution >= 4 is 0 Å². The van der Waals surface area contributed by atoms with Gasteiger partial charge >= 0.3 is 0 Å². The van der Waals surface area contributed by atoms with E-state index in [1.165, 1.54) is 43.2 Å². The zero-order valence-corrected chi connectivity index (χ0v) is 11.8. The van der Waals surface area contributed by atoms with Crippen LogP contribution in [0.1, 0.15) is 50.2 Å². The maximum atomic E-state index is 11.5. The smallest absolute Gasteiger partial charge is 0.0953 e. The lowest BCUT2D eigenvalue weighted by molar-refractivity contribution is -0.179. The van der Waals surface area contributed by atoms with Crippen LogP contribution in [0, 0.1) is 23.7 Å². The second kappa shape index (κ2) is 4.09. The molecule has 0 unspecified atom stereocenters. The molecule has 1 heteroatoms. The van der Waals surface area contributed by atoms with Gasteiger partial charge in [0, 0.05) is 0 Å².